The second-order valence-electron chi connectivity index (χ2n) is 7.68. The Morgan fingerprint density at radius 1 is 0.800 bits per heavy atom. The van der Waals surface area contributed by atoms with E-state index in [4.69, 9.17) is 0 Å². The molecule has 4 amide bonds. The highest BCUT2D eigenvalue weighted by molar-refractivity contribution is 5.81. The van der Waals surface area contributed by atoms with E-state index in [1.807, 2.05) is 0 Å². The maximum Gasteiger partial charge on any atom is 0.317 e. The lowest BCUT2D eigenvalue weighted by Crippen LogP contribution is -2.51. The Morgan fingerprint density at radius 2 is 1.44 bits per heavy atom. The second-order valence-corrected chi connectivity index (χ2v) is 7.68. The zero-order valence-corrected chi connectivity index (χ0v) is 15.1. The molecule has 1 saturated heterocycles. The van der Waals surface area contributed by atoms with Gasteiger partial charge in [0.25, 0.3) is 0 Å². The van der Waals surface area contributed by atoms with Crippen LogP contribution in [0.3, 0.4) is 0 Å². The maximum atomic E-state index is 12.5. The molecule has 3 N–H and O–H groups in total. The van der Waals surface area contributed by atoms with Crippen LogP contribution in [0.5, 0.6) is 0 Å². The largest absolute Gasteiger partial charge is 0.359 e. The van der Waals surface area contributed by atoms with Crippen molar-refractivity contribution in [2.24, 2.45) is 11.8 Å². The van der Waals surface area contributed by atoms with E-state index in [9.17, 15) is 14.4 Å². The minimum absolute atomic E-state index is 0.0627. The first kappa shape index (κ1) is 18.0. The molecule has 7 heteroatoms. The molecule has 1 aliphatic heterocycles. The molecule has 140 valence electrons. The van der Waals surface area contributed by atoms with Crippen molar-refractivity contribution >= 4 is 17.8 Å². The smallest absolute Gasteiger partial charge is 0.317 e. The third-order valence-electron chi connectivity index (χ3n) is 5.68. The summed E-state index contributed by atoms with van der Waals surface area (Å²) in [6, 6.07) is 0.439. The van der Waals surface area contributed by atoms with Gasteiger partial charge in [-0.1, -0.05) is 0 Å². The number of hydrogen-bond donors (Lipinski definition) is 3. The molecule has 3 aliphatic rings. The summed E-state index contributed by atoms with van der Waals surface area (Å²) >= 11 is 0. The van der Waals surface area contributed by atoms with Gasteiger partial charge in [0.15, 0.2) is 0 Å². The number of urea groups is 1. The summed E-state index contributed by atoms with van der Waals surface area (Å²) in [5.74, 6) is 0.198. The molecular weight excluding hydrogens is 320 g/mol. The van der Waals surface area contributed by atoms with E-state index in [0.29, 0.717) is 19.1 Å². The quantitative estimate of drug-likeness (QED) is 0.706. The third kappa shape index (κ3) is 4.86. The van der Waals surface area contributed by atoms with Gasteiger partial charge in [-0.2, -0.15) is 0 Å². The second kappa shape index (κ2) is 8.06. The minimum atomic E-state index is -0.0795. The molecule has 1 atom stereocenters. The van der Waals surface area contributed by atoms with Crippen molar-refractivity contribution in [2.45, 2.75) is 63.5 Å². The molecule has 0 aromatic rings. The highest BCUT2D eigenvalue weighted by Gasteiger charge is 2.33. The van der Waals surface area contributed by atoms with E-state index in [2.05, 4.69) is 16.0 Å². The predicted molar refractivity (Wildman–Crippen MR) is 93.8 cm³/mol. The van der Waals surface area contributed by atoms with Crippen LogP contribution in [-0.4, -0.2) is 55.0 Å². The molecule has 0 bridgehead atoms. The van der Waals surface area contributed by atoms with Crippen LogP contribution in [0.15, 0.2) is 0 Å². The summed E-state index contributed by atoms with van der Waals surface area (Å²) in [5, 5.41) is 8.86. The fraction of sp³-hybridized carbons (Fsp3) is 0.833. The molecule has 2 saturated carbocycles. The predicted octanol–water partition coefficient (Wildman–Crippen LogP) is 0.991. The van der Waals surface area contributed by atoms with Crippen LogP contribution >= 0.6 is 0 Å². The number of nitrogens with one attached hydrogen (secondary N) is 3. The van der Waals surface area contributed by atoms with Crippen LogP contribution in [0.2, 0.25) is 0 Å². The zero-order valence-electron chi connectivity index (χ0n) is 15.1. The lowest BCUT2D eigenvalue weighted by atomic mass is 9.85. The average molecular weight is 350 g/mol. The van der Waals surface area contributed by atoms with Crippen LogP contribution in [0.25, 0.3) is 0 Å². The normalized spacial score (nSPS) is 29.6. The van der Waals surface area contributed by atoms with Gasteiger partial charge in [-0.15, -0.1) is 0 Å². The van der Waals surface area contributed by atoms with Gasteiger partial charge in [0.05, 0.1) is 5.92 Å². The number of rotatable bonds is 4. The first-order valence-corrected chi connectivity index (χ1v) is 9.64. The Bertz CT molecular complexity index is 512. The fourth-order valence-electron chi connectivity index (χ4n) is 3.89. The molecule has 1 unspecified atom stereocenters. The van der Waals surface area contributed by atoms with Crippen molar-refractivity contribution in [1.29, 1.82) is 0 Å². The van der Waals surface area contributed by atoms with Crippen molar-refractivity contribution in [3.05, 3.63) is 0 Å². The van der Waals surface area contributed by atoms with Gasteiger partial charge in [-0.3, -0.25) is 9.59 Å². The molecule has 3 fully saturated rings. The summed E-state index contributed by atoms with van der Waals surface area (Å²) in [5.41, 5.74) is 0. The summed E-state index contributed by atoms with van der Waals surface area (Å²) in [6.45, 7) is 1.23. The van der Waals surface area contributed by atoms with Crippen molar-refractivity contribution < 1.29 is 14.4 Å². The lowest BCUT2D eigenvalue weighted by Gasteiger charge is -2.34. The van der Waals surface area contributed by atoms with Crippen LogP contribution in [0.1, 0.15) is 51.4 Å². The molecule has 2 aliphatic carbocycles. The highest BCUT2D eigenvalue weighted by Crippen LogP contribution is 2.25. The van der Waals surface area contributed by atoms with E-state index >= 15 is 0 Å². The number of hydrogen-bond acceptors (Lipinski definition) is 3. The Morgan fingerprint density at radius 3 is 2.08 bits per heavy atom. The maximum absolute atomic E-state index is 12.5. The Balaban J connectivity index is 1.43. The van der Waals surface area contributed by atoms with Gasteiger partial charge in [0.1, 0.15) is 0 Å². The van der Waals surface area contributed by atoms with Gasteiger partial charge in [0, 0.05) is 38.1 Å². The van der Waals surface area contributed by atoms with Crippen molar-refractivity contribution in [3.63, 3.8) is 0 Å². The summed E-state index contributed by atoms with van der Waals surface area (Å²) in [6.07, 6.45) is 7.21. The molecule has 7 nitrogen and oxygen atoms in total. The molecule has 25 heavy (non-hydrogen) atoms. The van der Waals surface area contributed by atoms with Gasteiger partial charge in [-0.25, -0.2) is 4.79 Å². The van der Waals surface area contributed by atoms with Crippen LogP contribution in [-0.2, 0) is 9.59 Å². The molecule has 3 rings (SSSR count). The Hall–Kier alpha value is -1.79. The topological polar surface area (TPSA) is 90.5 Å². The Labute approximate surface area is 149 Å². The van der Waals surface area contributed by atoms with E-state index in [1.54, 1.807) is 11.9 Å². The zero-order chi connectivity index (χ0) is 17.8. The van der Waals surface area contributed by atoms with E-state index in [0.717, 1.165) is 51.4 Å². The van der Waals surface area contributed by atoms with Crippen LogP contribution < -0.4 is 16.0 Å². The van der Waals surface area contributed by atoms with E-state index in [1.165, 1.54) is 0 Å². The van der Waals surface area contributed by atoms with Gasteiger partial charge in [0.2, 0.25) is 11.8 Å². The average Bonchev–Trinajstić information content (AvgIpc) is 3.45. The van der Waals surface area contributed by atoms with E-state index in [-0.39, 0.29) is 35.7 Å². The third-order valence-corrected chi connectivity index (χ3v) is 5.68. The monoisotopic (exact) mass is 350 g/mol. The number of carbonyl (C=O) groups excluding carboxylic acids is 3. The van der Waals surface area contributed by atoms with Crippen molar-refractivity contribution in [1.82, 2.24) is 20.9 Å². The molecule has 0 radical (unpaired) electrons. The summed E-state index contributed by atoms with van der Waals surface area (Å²) < 4.78 is 0. The summed E-state index contributed by atoms with van der Waals surface area (Å²) in [4.78, 5) is 38.2. The minimum Gasteiger partial charge on any atom is -0.359 e. The first-order valence-electron chi connectivity index (χ1n) is 9.64. The van der Waals surface area contributed by atoms with Gasteiger partial charge >= 0.3 is 6.03 Å². The molecule has 0 aromatic carbocycles. The van der Waals surface area contributed by atoms with Crippen LogP contribution in [0.4, 0.5) is 4.79 Å². The fourth-order valence-corrected chi connectivity index (χ4v) is 3.89. The number of piperidine rings is 1. The number of amides is 4. The van der Waals surface area contributed by atoms with E-state index < -0.39 is 0 Å². The van der Waals surface area contributed by atoms with Crippen molar-refractivity contribution in [2.75, 3.05) is 20.1 Å². The highest BCUT2D eigenvalue weighted by atomic mass is 16.2. The molecular formula is C18H30N4O3. The van der Waals surface area contributed by atoms with Gasteiger partial charge < -0.3 is 20.9 Å². The molecule has 0 aromatic heterocycles. The lowest BCUT2D eigenvalue weighted by molar-refractivity contribution is -0.126. The van der Waals surface area contributed by atoms with Crippen molar-refractivity contribution in [3.8, 4) is 0 Å². The number of likely N-dealkylation sites (tertiary alicyclic amines) is 1. The number of nitrogens with zero attached hydrogens (tertiary/aromatic N) is 1. The first-order chi connectivity index (χ1) is 12.1. The molecule has 0 spiro atoms. The molecule has 1 heterocycles. The number of carbonyl (C=O) groups is 3. The van der Waals surface area contributed by atoms with Gasteiger partial charge in [-0.05, 0) is 51.4 Å². The standard InChI is InChI=1S/C18H30N4O3/c1-19-16(23)12-4-6-15(7-5-12)21-18(25)22-10-2-3-13(11-22)17(24)20-14-8-9-14/h12-15H,2-11H2,1H3,(H,19,23)(H,20,24)(H,21,25). The Kier molecular flexibility index (Phi) is 5.81. The summed E-state index contributed by atoms with van der Waals surface area (Å²) in [7, 11) is 1.67. The SMILES string of the molecule is CNC(=O)C1CCC(NC(=O)N2CCCC(C(=O)NC3CC3)C2)CC1. The van der Waals surface area contributed by atoms with Crippen LogP contribution in [0, 0.1) is 11.8 Å².